The molecule has 0 radical (unpaired) electrons. The molecule has 2 aromatic heterocycles. The van der Waals surface area contributed by atoms with E-state index in [0.29, 0.717) is 12.0 Å². The number of carbonyl (C=O) groups excluding carboxylic acids is 1. The topological polar surface area (TPSA) is 82.3 Å². The lowest BCUT2D eigenvalue weighted by molar-refractivity contribution is 0.117. The summed E-state index contributed by atoms with van der Waals surface area (Å²) in [5, 5.41) is 3.62. The molecule has 0 saturated carbocycles. The SMILES string of the molecule is CC[C@@H](c1ccc(F)c(F)c1)n1c(OC(=O)OC)c(-c2ccno2)[nH]c1=S. The minimum absolute atomic E-state index is 0.0141. The molecule has 0 aliphatic carbocycles. The highest BCUT2D eigenvalue weighted by Gasteiger charge is 2.26. The highest BCUT2D eigenvalue weighted by Crippen LogP contribution is 2.36. The Morgan fingerprint density at radius 1 is 1.37 bits per heavy atom. The molecule has 1 aromatic carbocycles. The third kappa shape index (κ3) is 3.61. The zero-order chi connectivity index (χ0) is 19.6. The van der Waals surface area contributed by atoms with Crippen molar-refractivity contribution in [2.75, 3.05) is 7.11 Å². The molecule has 0 bridgehead atoms. The van der Waals surface area contributed by atoms with E-state index in [9.17, 15) is 13.6 Å². The van der Waals surface area contributed by atoms with Crippen LogP contribution in [0.5, 0.6) is 5.88 Å². The Balaban J connectivity index is 2.19. The van der Waals surface area contributed by atoms with E-state index in [-0.39, 0.29) is 22.1 Å². The monoisotopic (exact) mass is 395 g/mol. The van der Waals surface area contributed by atoms with Gasteiger partial charge in [0.15, 0.2) is 22.2 Å². The van der Waals surface area contributed by atoms with Gasteiger partial charge in [-0.3, -0.25) is 4.57 Å². The number of nitrogens with one attached hydrogen (secondary N) is 1. The van der Waals surface area contributed by atoms with E-state index in [1.165, 1.54) is 16.8 Å². The number of halogens is 2. The molecule has 1 atom stereocenters. The normalized spacial score (nSPS) is 12.0. The maximum absolute atomic E-state index is 13.7. The number of ether oxygens (including phenoxy) is 2. The van der Waals surface area contributed by atoms with Gasteiger partial charge in [-0.15, -0.1) is 0 Å². The van der Waals surface area contributed by atoms with Gasteiger partial charge in [-0.25, -0.2) is 13.6 Å². The van der Waals surface area contributed by atoms with Crippen LogP contribution in [0.4, 0.5) is 13.6 Å². The summed E-state index contributed by atoms with van der Waals surface area (Å²) in [4.78, 5) is 14.6. The van der Waals surface area contributed by atoms with Gasteiger partial charge < -0.3 is 19.0 Å². The van der Waals surface area contributed by atoms with Crippen molar-refractivity contribution in [3.8, 4) is 17.3 Å². The lowest BCUT2D eigenvalue weighted by atomic mass is 10.0. The van der Waals surface area contributed by atoms with Gasteiger partial charge in [-0.1, -0.05) is 18.1 Å². The van der Waals surface area contributed by atoms with Crippen molar-refractivity contribution < 1.29 is 27.6 Å². The first-order valence-corrected chi connectivity index (χ1v) is 8.33. The van der Waals surface area contributed by atoms with Crippen molar-refractivity contribution in [1.29, 1.82) is 0 Å². The molecular formula is C17H15F2N3O4S. The Kier molecular flexibility index (Phi) is 5.36. The second-order valence-corrected chi connectivity index (χ2v) is 5.90. The summed E-state index contributed by atoms with van der Waals surface area (Å²) in [5.41, 5.74) is 0.717. The van der Waals surface area contributed by atoms with E-state index >= 15 is 0 Å². The average molecular weight is 395 g/mol. The summed E-state index contributed by atoms with van der Waals surface area (Å²) < 4.78 is 43.7. The number of aromatic amines is 1. The van der Waals surface area contributed by atoms with E-state index in [2.05, 4.69) is 14.9 Å². The number of carbonyl (C=O) groups is 1. The van der Waals surface area contributed by atoms with Crippen molar-refractivity contribution in [3.63, 3.8) is 0 Å². The summed E-state index contributed by atoms with van der Waals surface area (Å²) in [6.45, 7) is 1.83. The molecule has 2 heterocycles. The van der Waals surface area contributed by atoms with Gasteiger partial charge in [0.2, 0.25) is 5.88 Å². The maximum atomic E-state index is 13.7. The maximum Gasteiger partial charge on any atom is 0.514 e. The van der Waals surface area contributed by atoms with Crippen molar-refractivity contribution in [3.05, 3.63) is 52.4 Å². The number of hydrogen-bond acceptors (Lipinski definition) is 6. The van der Waals surface area contributed by atoms with Gasteiger partial charge in [0.1, 0.15) is 5.69 Å². The molecule has 0 spiro atoms. The smallest absolute Gasteiger partial charge is 0.437 e. The Labute approximate surface area is 157 Å². The summed E-state index contributed by atoms with van der Waals surface area (Å²) in [5.74, 6) is -1.65. The third-order valence-corrected chi connectivity index (χ3v) is 4.24. The lowest BCUT2D eigenvalue weighted by Crippen LogP contribution is -2.16. The van der Waals surface area contributed by atoms with E-state index in [1.54, 1.807) is 6.07 Å². The summed E-state index contributed by atoms with van der Waals surface area (Å²) >= 11 is 5.37. The van der Waals surface area contributed by atoms with Crippen LogP contribution in [0.2, 0.25) is 0 Å². The first-order valence-electron chi connectivity index (χ1n) is 7.92. The Morgan fingerprint density at radius 3 is 2.74 bits per heavy atom. The average Bonchev–Trinajstić information content (AvgIpc) is 3.28. The highest BCUT2D eigenvalue weighted by molar-refractivity contribution is 7.71. The van der Waals surface area contributed by atoms with Gasteiger partial charge >= 0.3 is 6.16 Å². The molecule has 3 rings (SSSR count). The summed E-state index contributed by atoms with van der Waals surface area (Å²) in [6, 6.07) is 4.56. The highest BCUT2D eigenvalue weighted by atomic mass is 32.1. The number of rotatable bonds is 5. The van der Waals surface area contributed by atoms with Crippen molar-refractivity contribution in [1.82, 2.24) is 14.7 Å². The number of aromatic nitrogens is 3. The Bertz CT molecular complexity index is 1010. The second kappa shape index (κ2) is 7.70. The second-order valence-electron chi connectivity index (χ2n) is 5.51. The number of imidazole rings is 1. The first-order chi connectivity index (χ1) is 13.0. The van der Waals surface area contributed by atoms with Crippen LogP contribution in [-0.4, -0.2) is 28.0 Å². The van der Waals surface area contributed by atoms with Crippen LogP contribution in [0.3, 0.4) is 0 Å². The zero-order valence-electron chi connectivity index (χ0n) is 14.4. The van der Waals surface area contributed by atoms with E-state index in [0.717, 1.165) is 19.2 Å². The fraction of sp³-hybridized carbons (Fsp3) is 0.235. The molecule has 27 heavy (non-hydrogen) atoms. The van der Waals surface area contributed by atoms with Crippen LogP contribution >= 0.6 is 12.2 Å². The molecule has 0 aliphatic heterocycles. The minimum atomic E-state index is -0.987. The predicted octanol–water partition coefficient (Wildman–Crippen LogP) is 4.62. The quantitative estimate of drug-likeness (QED) is 0.501. The van der Waals surface area contributed by atoms with Crippen LogP contribution in [0.25, 0.3) is 11.5 Å². The Morgan fingerprint density at radius 2 is 2.15 bits per heavy atom. The lowest BCUT2D eigenvalue weighted by Gasteiger charge is -2.20. The van der Waals surface area contributed by atoms with Crippen molar-refractivity contribution in [2.24, 2.45) is 0 Å². The van der Waals surface area contributed by atoms with E-state index in [4.69, 9.17) is 21.5 Å². The molecule has 1 N–H and O–H groups in total. The fourth-order valence-electron chi connectivity index (χ4n) is 2.74. The number of nitrogens with zero attached hydrogens (tertiary/aromatic N) is 2. The number of hydrogen-bond donors (Lipinski definition) is 1. The van der Waals surface area contributed by atoms with Crippen LogP contribution in [0.1, 0.15) is 24.9 Å². The third-order valence-electron chi connectivity index (χ3n) is 3.94. The molecular weight excluding hydrogens is 380 g/mol. The number of benzene rings is 1. The fourth-order valence-corrected chi connectivity index (χ4v) is 3.05. The van der Waals surface area contributed by atoms with Gasteiger partial charge in [0, 0.05) is 6.07 Å². The minimum Gasteiger partial charge on any atom is -0.437 e. The van der Waals surface area contributed by atoms with Crippen molar-refractivity contribution >= 4 is 18.4 Å². The molecule has 0 amide bonds. The molecule has 0 aliphatic rings. The first kappa shape index (κ1) is 18.8. The molecule has 0 fully saturated rings. The largest absolute Gasteiger partial charge is 0.514 e. The van der Waals surface area contributed by atoms with Crippen molar-refractivity contribution in [2.45, 2.75) is 19.4 Å². The van der Waals surface area contributed by atoms with Crippen LogP contribution < -0.4 is 4.74 Å². The molecule has 10 heteroatoms. The standard InChI is InChI=1S/C17H15F2N3O4S/c1-3-12(9-4-5-10(18)11(19)8-9)22-15(25-17(23)24-2)14(21-16(22)27)13-6-7-20-26-13/h4-8,12H,3H2,1-2H3,(H,21,27)/t12-/m0/s1. The van der Waals surface area contributed by atoms with Crippen LogP contribution in [-0.2, 0) is 4.74 Å². The molecule has 7 nitrogen and oxygen atoms in total. The molecule has 0 saturated heterocycles. The molecule has 3 aromatic rings. The predicted molar refractivity (Wildman–Crippen MR) is 92.9 cm³/mol. The van der Waals surface area contributed by atoms with Gasteiger partial charge in [0.25, 0.3) is 0 Å². The number of methoxy groups -OCH3 is 1. The zero-order valence-corrected chi connectivity index (χ0v) is 15.2. The Hall–Kier alpha value is -3.01. The number of H-pyrrole nitrogens is 1. The summed E-state index contributed by atoms with van der Waals surface area (Å²) in [7, 11) is 1.16. The van der Waals surface area contributed by atoms with Gasteiger partial charge in [-0.05, 0) is 36.3 Å². The molecule has 0 unspecified atom stereocenters. The molecule has 142 valence electrons. The van der Waals surface area contributed by atoms with Crippen LogP contribution in [0.15, 0.2) is 35.0 Å². The summed E-state index contributed by atoms with van der Waals surface area (Å²) in [6.07, 6.45) is 0.890. The van der Waals surface area contributed by atoms with E-state index in [1.807, 2.05) is 6.92 Å². The van der Waals surface area contributed by atoms with Gasteiger partial charge in [-0.2, -0.15) is 0 Å². The van der Waals surface area contributed by atoms with Gasteiger partial charge in [0.05, 0.1) is 19.3 Å². The van der Waals surface area contributed by atoms with E-state index < -0.39 is 23.8 Å². The van der Waals surface area contributed by atoms with Crippen LogP contribution in [0, 0.1) is 16.4 Å².